The van der Waals surface area contributed by atoms with Gasteiger partial charge in [0.2, 0.25) is 0 Å². The SMILES string of the molecule is CCCCCCC(O)C1([Se]c2ccccc2)CC1. The molecule has 100 valence electrons. The van der Waals surface area contributed by atoms with Crippen LogP contribution in [0.5, 0.6) is 0 Å². The van der Waals surface area contributed by atoms with Crippen molar-refractivity contribution in [2.75, 3.05) is 0 Å². The van der Waals surface area contributed by atoms with Crippen molar-refractivity contribution in [3.63, 3.8) is 0 Å². The van der Waals surface area contributed by atoms with E-state index in [-0.39, 0.29) is 10.4 Å². The van der Waals surface area contributed by atoms with Gasteiger partial charge in [0.1, 0.15) is 0 Å². The van der Waals surface area contributed by atoms with Crippen LogP contribution in [-0.4, -0.2) is 26.2 Å². The fourth-order valence-electron chi connectivity index (χ4n) is 2.38. The van der Waals surface area contributed by atoms with Gasteiger partial charge < -0.3 is 0 Å². The van der Waals surface area contributed by atoms with Crippen molar-refractivity contribution in [3.8, 4) is 0 Å². The number of hydrogen-bond donors (Lipinski definition) is 1. The molecule has 0 saturated heterocycles. The van der Waals surface area contributed by atoms with Crippen LogP contribution in [0.15, 0.2) is 30.3 Å². The van der Waals surface area contributed by atoms with Gasteiger partial charge in [-0.1, -0.05) is 0 Å². The van der Waals surface area contributed by atoms with Gasteiger partial charge in [0.05, 0.1) is 0 Å². The fourth-order valence-corrected chi connectivity index (χ4v) is 5.15. The second-order valence-electron chi connectivity index (χ2n) is 5.35. The average Bonchev–Trinajstić information content (AvgIpc) is 3.16. The molecule has 1 aromatic carbocycles. The predicted octanol–water partition coefficient (Wildman–Crippen LogP) is 3.30. The van der Waals surface area contributed by atoms with Gasteiger partial charge in [0.25, 0.3) is 0 Å². The van der Waals surface area contributed by atoms with Crippen molar-refractivity contribution < 1.29 is 5.11 Å². The van der Waals surface area contributed by atoms with E-state index in [1.807, 2.05) is 0 Å². The summed E-state index contributed by atoms with van der Waals surface area (Å²) in [5.74, 6) is 0. The molecule has 0 spiro atoms. The Kier molecular flexibility index (Phi) is 5.29. The Bertz CT molecular complexity index is 345. The van der Waals surface area contributed by atoms with Gasteiger partial charge in [0.15, 0.2) is 0 Å². The normalized spacial score (nSPS) is 18.6. The third-order valence-electron chi connectivity index (χ3n) is 3.75. The molecule has 1 aromatic rings. The summed E-state index contributed by atoms with van der Waals surface area (Å²) >= 11 is 0.443. The van der Waals surface area contributed by atoms with E-state index < -0.39 is 0 Å². The van der Waals surface area contributed by atoms with E-state index in [1.165, 1.54) is 43.0 Å². The van der Waals surface area contributed by atoms with Gasteiger partial charge in [-0.15, -0.1) is 0 Å². The van der Waals surface area contributed by atoms with E-state index in [0.717, 1.165) is 6.42 Å². The molecule has 1 nitrogen and oxygen atoms in total. The summed E-state index contributed by atoms with van der Waals surface area (Å²) in [6.07, 6.45) is 8.47. The minimum atomic E-state index is -0.0606. The summed E-state index contributed by atoms with van der Waals surface area (Å²) in [5, 5.41) is 10.4. The van der Waals surface area contributed by atoms with E-state index in [0.29, 0.717) is 15.0 Å². The molecule has 2 heteroatoms. The van der Waals surface area contributed by atoms with Crippen molar-refractivity contribution in [1.29, 1.82) is 0 Å². The molecule has 0 heterocycles. The second-order valence-corrected chi connectivity index (χ2v) is 8.47. The van der Waals surface area contributed by atoms with Crippen LogP contribution < -0.4 is 4.46 Å². The Labute approximate surface area is 117 Å². The van der Waals surface area contributed by atoms with Crippen LogP contribution in [0.3, 0.4) is 0 Å². The zero-order valence-electron chi connectivity index (χ0n) is 11.3. The molecule has 0 aliphatic heterocycles. The molecule has 1 atom stereocenters. The van der Waals surface area contributed by atoms with Crippen LogP contribution in [0, 0.1) is 0 Å². The van der Waals surface area contributed by atoms with Gasteiger partial charge in [-0.05, 0) is 0 Å². The third-order valence-corrected chi connectivity index (χ3v) is 7.09. The number of aliphatic hydroxyl groups excluding tert-OH is 1. The molecule has 18 heavy (non-hydrogen) atoms. The van der Waals surface area contributed by atoms with Gasteiger partial charge in [0, 0.05) is 0 Å². The number of rotatable bonds is 8. The van der Waals surface area contributed by atoms with E-state index >= 15 is 0 Å². The van der Waals surface area contributed by atoms with Crippen molar-refractivity contribution in [2.45, 2.75) is 62.3 Å². The zero-order chi connectivity index (χ0) is 12.8. The van der Waals surface area contributed by atoms with E-state index in [2.05, 4.69) is 37.3 Å². The first-order chi connectivity index (χ1) is 8.77. The summed E-state index contributed by atoms with van der Waals surface area (Å²) in [5.41, 5.74) is 0. The quantitative estimate of drug-likeness (QED) is 0.577. The topological polar surface area (TPSA) is 20.2 Å². The maximum absolute atomic E-state index is 10.4. The third kappa shape index (κ3) is 3.85. The first-order valence-corrected chi connectivity index (χ1v) is 8.90. The number of aliphatic hydroxyl groups is 1. The van der Waals surface area contributed by atoms with Crippen LogP contribution in [-0.2, 0) is 0 Å². The van der Waals surface area contributed by atoms with Crippen LogP contribution in [0.4, 0.5) is 0 Å². The van der Waals surface area contributed by atoms with Gasteiger partial charge in [-0.2, -0.15) is 0 Å². The Balaban J connectivity index is 1.80. The summed E-state index contributed by atoms with van der Waals surface area (Å²) in [7, 11) is 0. The molecule has 1 aliphatic rings. The average molecular weight is 311 g/mol. The van der Waals surface area contributed by atoms with Crippen molar-refractivity contribution in [3.05, 3.63) is 30.3 Å². The molecular formula is C16H24OSe. The monoisotopic (exact) mass is 312 g/mol. The van der Waals surface area contributed by atoms with Crippen LogP contribution in [0.2, 0.25) is 4.31 Å². The number of unbranched alkanes of at least 4 members (excludes halogenated alkanes) is 3. The molecule has 1 saturated carbocycles. The molecule has 0 bridgehead atoms. The molecule has 0 amide bonds. The van der Waals surface area contributed by atoms with Crippen molar-refractivity contribution in [1.82, 2.24) is 0 Å². The van der Waals surface area contributed by atoms with Crippen molar-refractivity contribution in [2.24, 2.45) is 0 Å². The summed E-state index contributed by atoms with van der Waals surface area (Å²) in [6, 6.07) is 10.7. The first-order valence-electron chi connectivity index (χ1n) is 7.19. The zero-order valence-corrected chi connectivity index (χ0v) is 13.0. The standard InChI is InChI=1S/C16H24OSe/c1-2-3-4-8-11-15(17)16(12-13-16)18-14-9-6-5-7-10-14/h5-7,9-10,15,17H,2-4,8,11-13H2,1H3. The summed E-state index contributed by atoms with van der Waals surface area (Å²) < 4.78 is 1.72. The summed E-state index contributed by atoms with van der Waals surface area (Å²) in [6.45, 7) is 2.23. The Morgan fingerprint density at radius 3 is 2.50 bits per heavy atom. The van der Waals surface area contributed by atoms with Gasteiger partial charge in [-0.25, -0.2) is 0 Å². The Morgan fingerprint density at radius 1 is 1.17 bits per heavy atom. The van der Waals surface area contributed by atoms with Gasteiger partial charge >= 0.3 is 117 Å². The molecule has 0 radical (unpaired) electrons. The molecule has 1 N–H and O–H groups in total. The van der Waals surface area contributed by atoms with Gasteiger partial charge in [-0.3, -0.25) is 0 Å². The minimum absolute atomic E-state index is 0.0606. The Morgan fingerprint density at radius 2 is 1.89 bits per heavy atom. The first kappa shape index (κ1) is 14.1. The number of benzene rings is 1. The molecular weight excluding hydrogens is 287 g/mol. The van der Waals surface area contributed by atoms with E-state index in [4.69, 9.17) is 0 Å². The van der Waals surface area contributed by atoms with E-state index in [1.54, 1.807) is 0 Å². The molecule has 1 fully saturated rings. The second kappa shape index (κ2) is 6.75. The molecule has 2 rings (SSSR count). The maximum atomic E-state index is 10.4. The fraction of sp³-hybridized carbons (Fsp3) is 0.625. The molecule has 1 unspecified atom stereocenters. The Hall–Kier alpha value is -0.301. The van der Waals surface area contributed by atoms with Crippen LogP contribution in [0.25, 0.3) is 0 Å². The molecule has 0 aromatic heterocycles. The van der Waals surface area contributed by atoms with Crippen LogP contribution in [0.1, 0.15) is 51.9 Å². The van der Waals surface area contributed by atoms with E-state index in [9.17, 15) is 5.11 Å². The predicted molar refractivity (Wildman–Crippen MR) is 78.5 cm³/mol. The number of hydrogen-bond acceptors (Lipinski definition) is 1. The van der Waals surface area contributed by atoms with Crippen molar-refractivity contribution >= 4 is 19.4 Å². The summed E-state index contributed by atoms with van der Waals surface area (Å²) in [4.78, 5) is 0. The molecule has 1 aliphatic carbocycles. The van der Waals surface area contributed by atoms with Crippen LogP contribution >= 0.6 is 0 Å².